The Labute approximate surface area is 185 Å². The highest BCUT2D eigenvalue weighted by atomic mass is 32.2. The zero-order chi connectivity index (χ0) is 22.6. The molecule has 0 unspecified atom stereocenters. The summed E-state index contributed by atoms with van der Waals surface area (Å²) in [7, 11) is -2.06. The summed E-state index contributed by atoms with van der Waals surface area (Å²) in [5.41, 5.74) is 1.03. The smallest absolute Gasteiger partial charge is 0.279 e. The molecule has 0 spiro atoms. The molecule has 2 aromatic carbocycles. The molecular weight excluding hydrogens is 437 g/mol. The summed E-state index contributed by atoms with van der Waals surface area (Å²) in [5, 5.41) is 0. The lowest BCUT2D eigenvalue weighted by Crippen LogP contribution is -2.27. The highest BCUT2D eigenvalue weighted by Crippen LogP contribution is 2.19. The number of nitrogens with zero attached hydrogens (tertiary/aromatic N) is 3. The Morgan fingerprint density at radius 2 is 1.97 bits per heavy atom. The Hall–Kier alpha value is -2.62. The van der Waals surface area contributed by atoms with Gasteiger partial charge in [0, 0.05) is 25.7 Å². The van der Waals surface area contributed by atoms with Crippen molar-refractivity contribution in [3.8, 4) is 0 Å². The summed E-state index contributed by atoms with van der Waals surface area (Å²) in [5.74, 6) is -0.869. The highest BCUT2D eigenvalue weighted by molar-refractivity contribution is 7.89. The highest BCUT2D eigenvalue weighted by Gasteiger charge is 2.20. The van der Waals surface area contributed by atoms with Crippen LogP contribution >= 0.6 is 11.3 Å². The van der Waals surface area contributed by atoms with Gasteiger partial charge in [0.15, 0.2) is 4.80 Å². The minimum atomic E-state index is -3.61. The van der Waals surface area contributed by atoms with Crippen LogP contribution in [0.1, 0.15) is 30.1 Å². The van der Waals surface area contributed by atoms with Gasteiger partial charge in [0.25, 0.3) is 5.91 Å². The summed E-state index contributed by atoms with van der Waals surface area (Å²) in [6.07, 6.45) is 3.34. The number of allylic oxidation sites excluding steroid dienone is 1. The van der Waals surface area contributed by atoms with Crippen LogP contribution in [-0.2, 0) is 16.6 Å². The predicted octanol–water partition coefficient (Wildman–Crippen LogP) is 4.19. The number of aromatic nitrogens is 1. The van der Waals surface area contributed by atoms with Crippen LogP contribution in [0.25, 0.3) is 10.2 Å². The number of fused-ring (bicyclic) bond motifs is 1. The van der Waals surface area contributed by atoms with Gasteiger partial charge in [0.1, 0.15) is 5.82 Å². The fourth-order valence-corrected chi connectivity index (χ4v) is 5.31. The van der Waals surface area contributed by atoms with Crippen molar-refractivity contribution in [2.75, 3.05) is 13.6 Å². The Bertz CT molecular complexity index is 1280. The number of sulfonamides is 1. The van der Waals surface area contributed by atoms with Crippen LogP contribution in [0, 0.1) is 5.82 Å². The third-order valence-corrected chi connectivity index (χ3v) is 7.70. The van der Waals surface area contributed by atoms with E-state index in [9.17, 15) is 17.6 Å². The number of thiazole rings is 1. The number of carbonyl (C=O) groups excluding carboxylic acids is 1. The summed E-state index contributed by atoms with van der Waals surface area (Å²) >= 11 is 1.21. The van der Waals surface area contributed by atoms with Crippen molar-refractivity contribution in [2.45, 2.75) is 31.2 Å². The summed E-state index contributed by atoms with van der Waals surface area (Å²) in [4.78, 5) is 17.5. The summed E-state index contributed by atoms with van der Waals surface area (Å²) in [6.45, 7) is 6.57. The van der Waals surface area contributed by atoms with Crippen LogP contribution < -0.4 is 4.80 Å². The Morgan fingerprint density at radius 3 is 2.61 bits per heavy atom. The van der Waals surface area contributed by atoms with Crippen molar-refractivity contribution in [1.29, 1.82) is 0 Å². The number of hydrogen-bond acceptors (Lipinski definition) is 4. The maximum atomic E-state index is 13.6. The molecule has 0 saturated heterocycles. The predicted molar refractivity (Wildman–Crippen MR) is 121 cm³/mol. The topological polar surface area (TPSA) is 71.7 Å². The molecule has 1 aromatic heterocycles. The molecular formula is C22H24FN3O3S2. The van der Waals surface area contributed by atoms with Gasteiger partial charge in [0.05, 0.1) is 15.1 Å². The van der Waals surface area contributed by atoms with Gasteiger partial charge in [-0.1, -0.05) is 30.8 Å². The SMILES string of the molecule is C=CCn1c(=NC(=O)c2ccc(S(=O)(=O)N(C)CCCC)cc2)sc2cc(F)ccc21. The van der Waals surface area contributed by atoms with E-state index in [0.29, 0.717) is 22.6 Å². The molecule has 0 bridgehead atoms. The molecule has 0 radical (unpaired) electrons. The first-order chi connectivity index (χ1) is 14.8. The number of halogens is 1. The van der Waals surface area contributed by atoms with E-state index in [-0.39, 0.29) is 16.3 Å². The Morgan fingerprint density at radius 1 is 1.26 bits per heavy atom. The largest absolute Gasteiger partial charge is 0.312 e. The molecule has 9 heteroatoms. The van der Waals surface area contributed by atoms with Gasteiger partial charge in [0.2, 0.25) is 10.0 Å². The van der Waals surface area contributed by atoms with E-state index in [1.54, 1.807) is 23.8 Å². The van der Waals surface area contributed by atoms with E-state index in [2.05, 4.69) is 11.6 Å². The van der Waals surface area contributed by atoms with Gasteiger partial charge in [-0.05, 0) is 48.9 Å². The second-order valence-corrected chi connectivity index (χ2v) is 10.1. The molecule has 1 amide bonds. The van der Waals surface area contributed by atoms with Gasteiger partial charge in [-0.25, -0.2) is 17.1 Å². The molecule has 0 aliphatic carbocycles. The first-order valence-electron chi connectivity index (χ1n) is 9.83. The standard InChI is InChI=1S/C22H24FN3O3S2/c1-4-6-14-25(3)31(28,29)18-10-7-16(8-11-18)21(27)24-22-26(13-5-2)19-12-9-17(23)15-20(19)30-22/h5,7-12,15H,2,4,6,13-14H2,1,3H3. The van der Waals surface area contributed by atoms with Crippen molar-refractivity contribution in [3.05, 3.63) is 71.3 Å². The van der Waals surface area contributed by atoms with E-state index in [1.165, 1.54) is 52.0 Å². The summed E-state index contributed by atoms with van der Waals surface area (Å²) < 4.78 is 42.6. The lowest BCUT2D eigenvalue weighted by Gasteiger charge is -2.16. The van der Waals surface area contributed by atoms with Crippen molar-refractivity contribution >= 4 is 37.5 Å². The number of hydrogen-bond donors (Lipinski definition) is 0. The molecule has 0 aliphatic heterocycles. The van der Waals surface area contributed by atoms with Crippen molar-refractivity contribution in [3.63, 3.8) is 0 Å². The van der Waals surface area contributed by atoms with Crippen LogP contribution in [0.4, 0.5) is 4.39 Å². The van der Waals surface area contributed by atoms with Crippen molar-refractivity contribution in [1.82, 2.24) is 8.87 Å². The maximum Gasteiger partial charge on any atom is 0.279 e. The number of carbonyl (C=O) groups is 1. The minimum absolute atomic E-state index is 0.127. The third kappa shape index (κ3) is 5.00. The average Bonchev–Trinajstić information content (AvgIpc) is 3.08. The zero-order valence-electron chi connectivity index (χ0n) is 17.4. The number of benzene rings is 2. The quantitative estimate of drug-likeness (QED) is 0.472. The van der Waals surface area contributed by atoms with Crippen LogP contribution in [-0.4, -0.2) is 36.8 Å². The maximum absolute atomic E-state index is 13.6. The van der Waals surface area contributed by atoms with Gasteiger partial charge >= 0.3 is 0 Å². The van der Waals surface area contributed by atoms with Crippen LogP contribution in [0.15, 0.2) is 65.0 Å². The molecule has 0 saturated carbocycles. The molecule has 0 aliphatic rings. The molecule has 31 heavy (non-hydrogen) atoms. The molecule has 0 atom stereocenters. The number of amides is 1. The van der Waals surface area contributed by atoms with Crippen LogP contribution in [0.5, 0.6) is 0 Å². The molecule has 3 aromatic rings. The van der Waals surface area contributed by atoms with E-state index < -0.39 is 15.9 Å². The third-order valence-electron chi connectivity index (χ3n) is 4.79. The molecule has 0 N–H and O–H groups in total. The normalized spacial score (nSPS) is 12.6. The number of unbranched alkanes of at least 4 members (excludes halogenated alkanes) is 1. The van der Waals surface area contributed by atoms with Gasteiger partial charge in [-0.2, -0.15) is 4.99 Å². The van der Waals surface area contributed by atoms with Gasteiger partial charge in [-0.3, -0.25) is 4.79 Å². The molecule has 1 heterocycles. The fourth-order valence-electron chi connectivity index (χ4n) is 3.04. The van der Waals surface area contributed by atoms with Crippen molar-refractivity contribution < 1.29 is 17.6 Å². The molecule has 6 nitrogen and oxygen atoms in total. The summed E-state index contributed by atoms with van der Waals surface area (Å²) in [6, 6.07) is 10.1. The zero-order valence-corrected chi connectivity index (χ0v) is 19.0. The van der Waals surface area contributed by atoms with E-state index >= 15 is 0 Å². The molecule has 3 rings (SSSR count). The lowest BCUT2D eigenvalue weighted by atomic mass is 10.2. The number of rotatable bonds is 8. The lowest BCUT2D eigenvalue weighted by molar-refractivity contribution is 0.0997. The first kappa shape index (κ1) is 23.1. The first-order valence-corrected chi connectivity index (χ1v) is 12.1. The molecule has 0 fully saturated rings. The van der Waals surface area contributed by atoms with E-state index in [4.69, 9.17) is 0 Å². The second-order valence-electron chi connectivity index (χ2n) is 7.02. The van der Waals surface area contributed by atoms with Gasteiger partial charge < -0.3 is 4.57 Å². The average molecular weight is 462 g/mol. The monoisotopic (exact) mass is 461 g/mol. The minimum Gasteiger partial charge on any atom is -0.312 e. The molecule has 164 valence electrons. The van der Waals surface area contributed by atoms with Crippen LogP contribution in [0.2, 0.25) is 0 Å². The fraction of sp³-hybridized carbons (Fsp3) is 0.273. The van der Waals surface area contributed by atoms with E-state index in [0.717, 1.165) is 18.4 Å². The second kappa shape index (κ2) is 9.67. The van der Waals surface area contributed by atoms with Gasteiger partial charge in [-0.15, -0.1) is 6.58 Å². The van der Waals surface area contributed by atoms with Crippen molar-refractivity contribution in [2.24, 2.45) is 4.99 Å². The van der Waals surface area contributed by atoms with E-state index in [1.807, 2.05) is 6.92 Å². The Kier molecular flexibility index (Phi) is 7.19. The Balaban J connectivity index is 1.93. The van der Waals surface area contributed by atoms with Crippen LogP contribution in [0.3, 0.4) is 0 Å².